The summed E-state index contributed by atoms with van der Waals surface area (Å²) in [6.45, 7) is 0.522. The van der Waals surface area contributed by atoms with Crippen molar-refractivity contribution >= 4 is 17.7 Å². The van der Waals surface area contributed by atoms with Crippen LogP contribution in [0.2, 0.25) is 0 Å². The lowest BCUT2D eigenvalue weighted by Gasteiger charge is -2.19. The molecule has 0 aliphatic rings. The van der Waals surface area contributed by atoms with E-state index in [9.17, 15) is 9.59 Å². The Kier molecular flexibility index (Phi) is 8.05. The van der Waals surface area contributed by atoms with Gasteiger partial charge in [-0.1, -0.05) is 72.8 Å². The van der Waals surface area contributed by atoms with E-state index in [1.54, 1.807) is 48.8 Å². The van der Waals surface area contributed by atoms with Gasteiger partial charge in [-0.15, -0.1) is 0 Å². The highest BCUT2D eigenvalue weighted by molar-refractivity contribution is 5.97. The van der Waals surface area contributed by atoms with E-state index >= 15 is 0 Å². The Bertz CT molecular complexity index is 1220. The number of carbonyl (C=O) groups excluding carboxylic acids is 2. The van der Waals surface area contributed by atoms with Crippen LogP contribution in [0, 0.1) is 0 Å². The minimum Gasteiger partial charge on any atom is -0.489 e. The molecule has 7 heteroatoms. The van der Waals surface area contributed by atoms with Crippen LogP contribution in [-0.4, -0.2) is 17.0 Å². The summed E-state index contributed by atoms with van der Waals surface area (Å²) < 4.78 is 11.2. The number of rotatable bonds is 9. The van der Waals surface area contributed by atoms with Crippen molar-refractivity contribution in [3.8, 4) is 5.75 Å². The van der Waals surface area contributed by atoms with Crippen LogP contribution in [0.5, 0.6) is 5.75 Å². The van der Waals surface area contributed by atoms with E-state index in [2.05, 4.69) is 15.6 Å². The molecular formula is C28H25N3O4. The molecule has 0 fully saturated rings. The normalized spacial score (nSPS) is 11.2. The van der Waals surface area contributed by atoms with Crippen LogP contribution < -0.4 is 15.4 Å². The van der Waals surface area contributed by atoms with Crippen molar-refractivity contribution < 1.29 is 19.1 Å². The predicted octanol–water partition coefficient (Wildman–Crippen LogP) is 5.27. The fourth-order valence-corrected chi connectivity index (χ4v) is 3.33. The topological polar surface area (TPSA) is 89.6 Å². The summed E-state index contributed by atoms with van der Waals surface area (Å²) in [7, 11) is 0. The Morgan fingerprint density at radius 2 is 1.34 bits per heavy atom. The number of anilines is 1. The number of nitrogens with one attached hydrogen (secondary N) is 2. The van der Waals surface area contributed by atoms with Crippen molar-refractivity contribution in [2.24, 2.45) is 0 Å². The zero-order valence-electron chi connectivity index (χ0n) is 19.0. The molecule has 0 saturated carbocycles. The number of carbonyl (C=O) groups is 2. The van der Waals surface area contributed by atoms with Gasteiger partial charge in [-0.25, -0.2) is 4.79 Å². The van der Waals surface area contributed by atoms with Crippen molar-refractivity contribution in [1.29, 1.82) is 0 Å². The molecule has 0 bridgehead atoms. The minimum absolute atomic E-state index is 0.0949. The van der Waals surface area contributed by atoms with Gasteiger partial charge in [0, 0.05) is 18.1 Å². The summed E-state index contributed by atoms with van der Waals surface area (Å²) >= 11 is 0. The van der Waals surface area contributed by atoms with E-state index in [0.717, 1.165) is 11.1 Å². The van der Waals surface area contributed by atoms with Gasteiger partial charge in [-0.2, -0.15) is 0 Å². The molecule has 0 radical (unpaired) electrons. The Morgan fingerprint density at radius 3 is 1.97 bits per heavy atom. The molecule has 0 aliphatic carbocycles. The lowest BCUT2D eigenvalue weighted by molar-refractivity contribution is -0.118. The van der Waals surface area contributed by atoms with Crippen LogP contribution in [0.15, 0.2) is 109 Å². The molecule has 0 spiro atoms. The molecule has 0 saturated heterocycles. The molecule has 0 unspecified atom stereocenters. The van der Waals surface area contributed by atoms with Gasteiger partial charge in [0.15, 0.2) is 0 Å². The molecule has 2 N–H and O–H groups in total. The maximum absolute atomic E-state index is 13.1. The van der Waals surface area contributed by atoms with Gasteiger partial charge in [-0.05, 0) is 41.0 Å². The van der Waals surface area contributed by atoms with Gasteiger partial charge in [0.1, 0.15) is 25.0 Å². The smallest absolute Gasteiger partial charge is 0.408 e. The lowest BCUT2D eigenvalue weighted by Crippen LogP contribution is -2.37. The number of alkyl carbamates (subject to hydrolysis) is 1. The van der Waals surface area contributed by atoms with Crippen molar-refractivity contribution in [2.75, 3.05) is 5.32 Å². The maximum Gasteiger partial charge on any atom is 0.408 e. The van der Waals surface area contributed by atoms with E-state index in [1.165, 1.54) is 0 Å². The van der Waals surface area contributed by atoms with Crippen molar-refractivity contribution in [3.05, 3.63) is 126 Å². The van der Waals surface area contributed by atoms with Crippen LogP contribution in [0.4, 0.5) is 10.5 Å². The van der Waals surface area contributed by atoms with Crippen molar-refractivity contribution in [3.63, 3.8) is 0 Å². The summed E-state index contributed by atoms with van der Waals surface area (Å²) in [4.78, 5) is 29.6. The Labute approximate surface area is 203 Å². The first-order chi connectivity index (χ1) is 17.2. The quantitative estimate of drug-likeness (QED) is 0.350. The first-order valence-corrected chi connectivity index (χ1v) is 11.1. The van der Waals surface area contributed by atoms with Gasteiger partial charge in [0.25, 0.3) is 5.91 Å². The average Bonchev–Trinajstić information content (AvgIpc) is 2.91. The van der Waals surface area contributed by atoms with Crippen LogP contribution in [0.25, 0.3) is 0 Å². The van der Waals surface area contributed by atoms with Gasteiger partial charge < -0.3 is 20.1 Å². The Morgan fingerprint density at radius 1 is 0.743 bits per heavy atom. The van der Waals surface area contributed by atoms with E-state index in [4.69, 9.17) is 9.47 Å². The lowest BCUT2D eigenvalue weighted by atomic mass is 10.1. The molecule has 1 heterocycles. The predicted molar refractivity (Wildman–Crippen MR) is 133 cm³/mol. The third-order valence-electron chi connectivity index (χ3n) is 5.15. The monoisotopic (exact) mass is 467 g/mol. The Hall–Kier alpha value is -4.65. The van der Waals surface area contributed by atoms with Crippen molar-refractivity contribution in [1.82, 2.24) is 10.3 Å². The summed E-state index contributed by atoms with van der Waals surface area (Å²) in [5.41, 5.74) is 3.05. The highest BCUT2D eigenvalue weighted by Gasteiger charge is 2.24. The van der Waals surface area contributed by atoms with Crippen LogP contribution in [0.3, 0.4) is 0 Å². The molecule has 2 amide bonds. The molecule has 1 atom stereocenters. The zero-order chi connectivity index (χ0) is 24.3. The van der Waals surface area contributed by atoms with E-state index in [0.29, 0.717) is 23.6 Å². The fraction of sp³-hybridized carbons (Fsp3) is 0.107. The highest BCUT2D eigenvalue weighted by atomic mass is 16.5. The van der Waals surface area contributed by atoms with Gasteiger partial charge >= 0.3 is 6.09 Å². The molecular weight excluding hydrogens is 442 g/mol. The first-order valence-electron chi connectivity index (χ1n) is 11.1. The number of hydrogen-bond acceptors (Lipinski definition) is 5. The van der Waals surface area contributed by atoms with Crippen LogP contribution in [0.1, 0.15) is 22.7 Å². The summed E-state index contributed by atoms with van der Waals surface area (Å²) in [5, 5.41) is 5.47. The van der Waals surface area contributed by atoms with Gasteiger partial charge in [-0.3, -0.25) is 9.78 Å². The molecule has 0 aliphatic heterocycles. The second kappa shape index (κ2) is 12.0. The number of hydrogen-bond donors (Lipinski definition) is 2. The summed E-state index contributed by atoms with van der Waals surface area (Å²) in [6, 6.07) is 28.5. The van der Waals surface area contributed by atoms with E-state index in [1.807, 2.05) is 60.7 Å². The molecule has 4 aromatic rings. The second-order valence-electron chi connectivity index (χ2n) is 7.71. The van der Waals surface area contributed by atoms with Gasteiger partial charge in [0.05, 0.1) is 0 Å². The highest BCUT2D eigenvalue weighted by Crippen LogP contribution is 2.21. The van der Waals surface area contributed by atoms with Gasteiger partial charge in [0.2, 0.25) is 0 Å². The molecule has 4 rings (SSSR count). The third kappa shape index (κ3) is 7.17. The van der Waals surface area contributed by atoms with Crippen LogP contribution >= 0.6 is 0 Å². The number of amides is 2. The molecule has 3 aromatic carbocycles. The first kappa shape index (κ1) is 23.5. The number of ether oxygens (including phenoxy) is 2. The average molecular weight is 468 g/mol. The SMILES string of the molecule is O=C(N[C@@H](C(=O)Nc1ccncc1)c1ccc(OCc2ccccc2)cc1)OCc1ccccc1. The second-order valence-corrected chi connectivity index (χ2v) is 7.71. The molecule has 35 heavy (non-hydrogen) atoms. The van der Waals surface area contributed by atoms with E-state index in [-0.39, 0.29) is 6.61 Å². The largest absolute Gasteiger partial charge is 0.489 e. The maximum atomic E-state index is 13.1. The number of aromatic nitrogens is 1. The third-order valence-corrected chi connectivity index (χ3v) is 5.15. The number of pyridine rings is 1. The summed E-state index contributed by atoms with van der Waals surface area (Å²) in [6.07, 6.45) is 2.45. The zero-order valence-corrected chi connectivity index (χ0v) is 19.0. The number of benzene rings is 3. The van der Waals surface area contributed by atoms with Crippen LogP contribution in [-0.2, 0) is 22.7 Å². The Balaban J connectivity index is 1.44. The molecule has 1 aromatic heterocycles. The number of nitrogens with zero attached hydrogens (tertiary/aromatic N) is 1. The summed E-state index contributed by atoms with van der Waals surface area (Å²) in [5.74, 6) is 0.239. The minimum atomic E-state index is -0.977. The molecule has 7 nitrogen and oxygen atoms in total. The standard InChI is InChI=1S/C28H25N3O4/c32-27(30-24-15-17-29-18-16-24)26(31-28(33)35-20-22-9-5-2-6-10-22)23-11-13-25(14-12-23)34-19-21-7-3-1-4-8-21/h1-18,26H,19-20H2,(H,31,33)(H,29,30,32)/t26-/m1/s1. The molecule has 176 valence electrons. The van der Waals surface area contributed by atoms with E-state index < -0.39 is 18.0 Å². The van der Waals surface area contributed by atoms with Crippen molar-refractivity contribution in [2.45, 2.75) is 19.3 Å². The fourth-order valence-electron chi connectivity index (χ4n) is 3.33.